The number of nitrogens with one attached hydrogen (secondary N) is 2. The van der Waals surface area contributed by atoms with Gasteiger partial charge in [0.15, 0.2) is 0 Å². The number of rotatable bonds is 6. The summed E-state index contributed by atoms with van der Waals surface area (Å²) in [5.41, 5.74) is 0.803. The van der Waals surface area contributed by atoms with E-state index in [9.17, 15) is 9.59 Å². The zero-order valence-corrected chi connectivity index (χ0v) is 14.5. The van der Waals surface area contributed by atoms with Crippen molar-refractivity contribution < 1.29 is 14.3 Å². The zero-order chi connectivity index (χ0) is 18.3. The highest BCUT2D eigenvalue weighted by Crippen LogP contribution is 2.32. The average Bonchev–Trinajstić information content (AvgIpc) is 2.62. The predicted octanol–water partition coefficient (Wildman–Crippen LogP) is 3.34. The third-order valence-corrected chi connectivity index (χ3v) is 3.99. The van der Waals surface area contributed by atoms with E-state index in [-0.39, 0.29) is 11.9 Å². The normalized spacial score (nSPS) is 14.0. The molecule has 0 bridgehead atoms. The summed E-state index contributed by atoms with van der Waals surface area (Å²) in [5, 5.41) is 5.75. The highest BCUT2D eigenvalue weighted by molar-refractivity contribution is 5.73. The lowest BCUT2D eigenvalue weighted by atomic mass is 9.83. The van der Waals surface area contributed by atoms with E-state index in [2.05, 4.69) is 17.6 Å². The molecule has 2 aromatic carbocycles. The van der Waals surface area contributed by atoms with E-state index in [1.165, 1.54) is 14.0 Å². The van der Waals surface area contributed by atoms with Crippen LogP contribution in [-0.4, -0.2) is 19.1 Å². The van der Waals surface area contributed by atoms with Crippen LogP contribution in [0.5, 0.6) is 0 Å². The van der Waals surface area contributed by atoms with Gasteiger partial charge >= 0.3 is 6.09 Å². The molecule has 0 aliphatic rings. The van der Waals surface area contributed by atoms with Gasteiger partial charge in [0.05, 0.1) is 18.7 Å². The van der Waals surface area contributed by atoms with Crippen LogP contribution in [0.25, 0.3) is 0 Å². The quantitative estimate of drug-likeness (QED) is 0.848. The minimum atomic E-state index is -0.961. The lowest BCUT2D eigenvalue weighted by Crippen LogP contribution is -2.46. The SMILES string of the molecule is [CH2]C(CC(NC(C)=O)c1ccccc1)(NC(=O)OC)c1ccccc1. The molecule has 2 unspecified atom stereocenters. The number of benzene rings is 2. The van der Waals surface area contributed by atoms with Gasteiger partial charge < -0.3 is 15.4 Å². The van der Waals surface area contributed by atoms with Gasteiger partial charge in [-0.05, 0) is 24.5 Å². The number of carbonyl (C=O) groups is 2. The number of amides is 2. The lowest BCUT2D eigenvalue weighted by molar-refractivity contribution is -0.119. The molecule has 0 aliphatic carbocycles. The van der Waals surface area contributed by atoms with E-state index < -0.39 is 11.6 Å². The van der Waals surface area contributed by atoms with Gasteiger partial charge in [0.2, 0.25) is 5.91 Å². The molecule has 131 valence electrons. The van der Waals surface area contributed by atoms with Crippen molar-refractivity contribution in [1.82, 2.24) is 10.6 Å². The highest BCUT2D eigenvalue weighted by Gasteiger charge is 2.33. The van der Waals surface area contributed by atoms with E-state index in [1.807, 2.05) is 60.7 Å². The topological polar surface area (TPSA) is 67.4 Å². The van der Waals surface area contributed by atoms with Crippen LogP contribution in [0.1, 0.15) is 30.5 Å². The van der Waals surface area contributed by atoms with Gasteiger partial charge in [0, 0.05) is 6.92 Å². The van der Waals surface area contributed by atoms with Crippen LogP contribution in [-0.2, 0) is 15.1 Å². The maximum absolute atomic E-state index is 11.9. The molecule has 0 spiro atoms. The summed E-state index contributed by atoms with van der Waals surface area (Å²) < 4.78 is 4.76. The third-order valence-electron chi connectivity index (χ3n) is 3.99. The molecular formula is C20H23N2O3. The van der Waals surface area contributed by atoms with Crippen LogP contribution in [0.15, 0.2) is 60.7 Å². The van der Waals surface area contributed by atoms with Crippen LogP contribution in [0.3, 0.4) is 0 Å². The molecule has 2 aromatic rings. The van der Waals surface area contributed by atoms with E-state index in [0.29, 0.717) is 6.42 Å². The van der Waals surface area contributed by atoms with Crippen LogP contribution in [0.2, 0.25) is 0 Å². The molecule has 0 heterocycles. The maximum atomic E-state index is 11.9. The Morgan fingerprint density at radius 2 is 1.64 bits per heavy atom. The van der Waals surface area contributed by atoms with Crippen molar-refractivity contribution in [3.8, 4) is 0 Å². The summed E-state index contributed by atoms with van der Waals surface area (Å²) in [6.07, 6.45) is -0.205. The largest absolute Gasteiger partial charge is 0.453 e. The Hall–Kier alpha value is -2.82. The first kappa shape index (κ1) is 18.5. The molecule has 0 fully saturated rings. The van der Waals surface area contributed by atoms with Gasteiger partial charge in [0.25, 0.3) is 0 Å². The van der Waals surface area contributed by atoms with Gasteiger partial charge in [-0.25, -0.2) is 4.79 Å². The number of carbonyl (C=O) groups excluding carboxylic acids is 2. The van der Waals surface area contributed by atoms with E-state index in [1.54, 1.807) is 0 Å². The zero-order valence-electron chi connectivity index (χ0n) is 14.5. The molecule has 2 rings (SSSR count). The number of hydrogen-bond donors (Lipinski definition) is 2. The summed E-state index contributed by atoms with van der Waals surface area (Å²) >= 11 is 0. The number of hydrogen-bond acceptors (Lipinski definition) is 3. The summed E-state index contributed by atoms with van der Waals surface area (Å²) in [7, 11) is 1.31. The maximum Gasteiger partial charge on any atom is 0.407 e. The summed E-state index contributed by atoms with van der Waals surface area (Å²) in [5.74, 6) is -0.151. The van der Waals surface area contributed by atoms with Crippen LogP contribution < -0.4 is 10.6 Å². The fraction of sp³-hybridized carbons (Fsp3) is 0.250. The molecule has 5 heteroatoms. The van der Waals surface area contributed by atoms with Crippen molar-refractivity contribution in [2.75, 3.05) is 7.11 Å². The van der Waals surface area contributed by atoms with Crippen LogP contribution in [0.4, 0.5) is 4.79 Å². The van der Waals surface area contributed by atoms with Crippen LogP contribution in [0, 0.1) is 6.92 Å². The molecule has 1 radical (unpaired) electrons. The Morgan fingerprint density at radius 1 is 1.08 bits per heavy atom. The second-order valence-corrected chi connectivity index (χ2v) is 5.93. The summed E-state index contributed by atoms with van der Waals surface area (Å²) in [6.45, 7) is 5.71. The molecule has 2 N–H and O–H groups in total. The van der Waals surface area contributed by atoms with Gasteiger partial charge in [-0.15, -0.1) is 0 Å². The van der Waals surface area contributed by atoms with Crippen molar-refractivity contribution >= 4 is 12.0 Å². The number of alkyl carbamates (subject to hydrolysis) is 1. The van der Waals surface area contributed by atoms with Gasteiger partial charge in [-0.3, -0.25) is 4.79 Å². The Bertz CT molecular complexity index is 703. The monoisotopic (exact) mass is 339 g/mol. The standard InChI is InChI=1S/C20H23N2O3/c1-15(23)21-18(16-10-6-4-7-11-16)14-20(2,22-19(24)25-3)17-12-8-5-9-13-17/h4-13,18H,2,14H2,1,3H3,(H,21,23)(H,22,24). The third kappa shape index (κ3) is 5.08. The van der Waals surface area contributed by atoms with Crippen molar-refractivity contribution in [3.63, 3.8) is 0 Å². The van der Waals surface area contributed by atoms with Gasteiger partial charge in [-0.1, -0.05) is 60.7 Å². The first-order chi connectivity index (χ1) is 11.9. The fourth-order valence-corrected chi connectivity index (χ4v) is 2.78. The molecule has 2 amide bonds. The van der Waals surface area contributed by atoms with Crippen molar-refractivity contribution in [2.45, 2.75) is 24.9 Å². The lowest BCUT2D eigenvalue weighted by Gasteiger charge is -2.34. The minimum Gasteiger partial charge on any atom is -0.453 e. The minimum absolute atomic E-state index is 0.151. The molecule has 5 nitrogen and oxygen atoms in total. The molecular weight excluding hydrogens is 316 g/mol. The molecule has 25 heavy (non-hydrogen) atoms. The smallest absolute Gasteiger partial charge is 0.407 e. The highest BCUT2D eigenvalue weighted by atomic mass is 16.5. The average molecular weight is 339 g/mol. The second-order valence-electron chi connectivity index (χ2n) is 5.93. The molecule has 0 saturated carbocycles. The second kappa shape index (κ2) is 8.33. The van der Waals surface area contributed by atoms with E-state index in [0.717, 1.165) is 11.1 Å². The fourth-order valence-electron chi connectivity index (χ4n) is 2.78. The van der Waals surface area contributed by atoms with Crippen molar-refractivity contribution in [3.05, 3.63) is 78.7 Å². The Labute approximate surface area is 148 Å². The van der Waals surface area contributed by atoms with E-state index >= 15 is 0 Å². The number of methoxy groups -OCH3 is 1. The Morgan fingerprint density at radius 3 is 2.16 bits per heavy atom. The Kier molecular flexibility index (Phi) is 6.17. The first-order valence-electron chi connectivity index (χ1n) is 8.03. The van der Waals surface area contributed by atoms with Crippen molar-refractivity contribution in [2.24, 2.45) is 0 Å². The van der Waals surface area contributed by atoms with Gasteiger partial charge in [-0.2, -0.15) is 0 Å². The Balaban J connectivity index is 2.38. The molecule has 0 saturated heterocycles. The molecule has 0 aromatic heterocycles. The summed E-state index contributed by atoms with van der Waals surface area (Å²) in [6, 6.07) is 18.7. The van der Waals surface area contributed by atoms with E-state index in [4.69, 9.17) is 4.74 Å². The number of ether oxygens (including phenoxy) is 1. The first-order valence-corrected chi connectivity index (χ1v) is 8.03. The molecule has 0 aliphatic heterocycles. The van der Waals surface area contributed by atoms with Gasteiger partial charge in [0.1, 0.15) is 0 Å². The summed E-state index contributed by atoms with van der Waals surface area (Å²) in [4.78, 5) is 23.6. The predicted molar refractivity (Wildman–Crippen MR) is 96.6 cm³/mol. The van der Waals surface area contributed by atoms with Crippen molar-refractivity contribution in [1.29, 1.82) is 0 Å². The van der Waals surface area contributed by atoms with Crippen LogP contribution >= 0.6 is 0 Å². The molecule has 2 atom stereocenters.